The predicted molar refractivity (Wildman–Crippen MR) is 103 cm³/mol. The number of para-hydroxylation sites is 1. The molecule has 0 fully saturated rings. The lowest BCUT2D eigenvalue weighted by Crippen LogP contribution is -2.03. The van der Waals surface area contributed by atoms with Crippen molar-refractivity contribution in [2.45, 2.75) is 58.8 Å². The van der Waals surface area contributed by atoms with Crippen LogP contribution in [-0.2, 0) is 6.42 Å². The minimum atomic E-state index is -0.463. The molecule has 0 saturated heterocycles. The van der Waals surface area contributed by atoms with E-state index in [0.29, 0.717) is 11.0 Å². The van der Waals surface area contributed by atoms with E-state index in [2.05, 4.69) is 6.92 Å². The highest BCUT2D eigenvalue weighted by molar-refractivity contribution is 6.07. The van der Waals surface area contributed by atoms with Gasteiger partial charge in [0.2, 0.25) is 0 Å². The summed E-state index contributed by atoms with van der Waals surface area (Å²) < 4.78 is 5.40. The van der Waals surface area contributed by atoms with Crippen LogP contribution in [0.15, 0.2) is 39.5 Å². The van der Waals surface area contributed by atoms with Crippen LogP contribution < -0.4 is 5.63 Å². The van der Waals surface area contributed by atoms with E-state index in [4.69, 9.17) is 4.42 Å². The number of fused-ring (bicyclic) bond motifs is 3. The van der Waals surface area contributed by atoms with Crippen molar-refractivity contribution in [3.8, 4) is 5.75 Å². The molecule has 1 N–H and O–H groups in total. The van der Waals surface area contributed by atoms with E-state index in [9.17, 15) is 9.90 Å². The number of rotatable bonds is 7. The number of aryl methyl sites for hydroxylation is 1. The van der Waals surface area contributed by atoms with Crippen LogP contribution in [0.4, 0.5) is 0 Å². The summed E-state index contributed by atoms with van der Waals surface area (Å²) in [5.41, 5.74) is 2.01. The Balaban J connectivity index is 1.94. The first-order chi connectivity index (χ1) is 12.1. The van der Waals surface area contributed by atoms with Crippen LogP contribution in [0, 0.1) is 6.92 Å². The molecule has 25 heavy (non-hydrogen) atoms. The lowest BCUT2D eigenvalue weighted by Gasteiger charge is -2.12. The number of phenols is 1. The summed E-state index contributed by atoms with van der Waals surface area (Å²) in [4.78, 5) is 12.4. The highest BCUT2D eigenvalue weighted by Crippen LogP contribution is 2.34. The van der Waals surface area contributed by atoms with Gasteiger partial charge in [0.15, 0.2) is 0 Å². The SMILES string of the molecule is CCCCCCCCc1c(C)cc2c(c1O)c(=O)oc1ccccc12. The fraction of sp³-hybridized carbons (Fsp3) is 0.409. The normalized spacial score (nSPS) is 11.4. The van der Waals surface area contributed by atoms with Gasteiger partial charge in [-0.05, 0) is 43.0 Å². The van der Waals surface area contributed by atoms with Gasteiger partial charge in [-0.25, -0.2) is 4.79 Å². The molecule has 0 aliphatic rings. The molecule has 0 spiro atoms. The Kier molecular flexibility index (Phi) is 5.42. The van der Waals surface area contributed by atoms with Gasteiger partial charge >= 0.3 is 5.63 Å². The summed E-state index contributed by atoms with van der Waals surface area (Å²) in [5.74, 6) is 0.100. The molecule has 3 nitrogen and oxygen atoms in total. The minimum absolute atomic E-state index is 0.100. The summed E-state index contributed by atoms with van der Waals surface area (Å²) in [7, 11) is 0. The largest absolute Gasteiger partial charge is 0.507 e. The van der Waals surface area contributed by atoms with E-state index >= 15 is 0 Å². The smallest absolute Gasteiger partial charge is 0.347 e. The Morgan fingerprint density at radius 1 is 1.00 bits per heavy atom. The predicted octanol–water partition coefficient (Wildman–Crippen LogP) is 5.86. The first-order valence-electron chi connectivity index (χ1n) is 9.30. The van der Waals surface area contributed by atoms with Crippen LogP contribution in [0.2, 0.25) is 0 Å². The molecule has 0 amide bonds. The van der Waals surface area contributed by atoms with Crippen molar-refractivity contribution >= 4 is 21.7 Å². The van der Waals surface area contributed by atoms with Crippen molar-refractivity contribution in [3.05, 3.63) is 51.9 Å². The van der Waals surface area contributed by atoms with Crippen molar-refractivity contribution in [2.24, 2.45) is 0 Å². The van der Waals surface area contributed by atoms with Crippen LogP contribution in [0.1, 0.15) is 56.6 Å². The molecule has 0 bridgehead atoms. The monoisotopic (exact) mass is 338 g/mol. The number of unbranched alkanes of at least 4 members (excludes halogenated alkanes) is 5. The van der Waals surface area contributed by atoms with Crippen molar-refractivity contribution in [3.63, 3.8) is 0 Å². The molecule has 3 aromatic rings. The number of phenolic OH excluding ortho intramolecular Hbond substituents is 1. The molecule has 0 radical (unpaired) electrons. The average Bonchev–Trinajstić information content (AvgIpc) is 2.60. The van der Waals surface area contributed by atoms with Crippen molar-refractivity contribution in [1.29, 1.82) is 0 Å². The van der Waals surface area contributed by atoms with Gasteiger partial charge < -0.3 is 9.52 Å². The molecule has 3 rings (SSSR count). The van der Waals surface area contributed by atoms with Crippen molar-refractivity contribution < 1.29 is 9.52 Å². The third-order valence-electron chi connectivity index (χ3n) is 4.99. The lowest BCUT2D eigenvalue weighted by molar-refractivity contribution is 0.468. The van der Waals surface area contributed by atoms with E-state index in [-0.39, 0.29) is 5.75 Å². The fourth-order valence-corrected chi connectivity index (χ4v) is 3.59. The van der Waals surface area contributed by atoms with Gasteiger partial charge in [-0.2, -0.15) is 0 Å². The maximum absolute atomic E-state index is 12.4. The van der Waals surface area contributed by atoms with E-state index in [1.54, 1.807) is 6.07 Å². The summed E-state index contributed by atoms with van der Waals surface area (Å²) in [5, 5.41) is 12.7. The van der Waals surface area contributed by atoms with Gasteiger partial charge in [-0.3, -0.25) is 0 Å². The van der Waals surface area contributed by atoms with Crippen LogP contribution in [-0.4, -0.2) is 5.11 Å². The molecule has 1 heterocycles. The Morgan fingerprint density at radius 3 is 2.52 bits per heavy atom. The Labute approximate surface area is 148 Å². The Hall–Kier alpha value is -2.29. The van der Waals surface area contributed by atoms with Gasteiger partial charge in [0.05, 0.1) is 0 Å². The zero-order valence-electron chi connectivity index (χ0n) is 15.1. The molecule has 0 aliphatic carbocycles. The van der Waals surface area contributed by atoms with E-state index in [1.807, 2.05) is 31.2 Å². The molecule has 132 valence electrons. The molecule has 2 aromatic carbocycles. The first-order valence-corrected chi connectivity index (χ1v) is 9.30. The van der Waals surface area contributed by atoms with Crippen molar-refractivity contribution in [1.82, 2.24) is 0 Å². The maximum atomic E-state index is 12.4. The van der Waals surface area contributed by atoms with Crippen LogP contribution in [0.25, 0.3) is 21.7 Å². The molecule has 0 unspecified atom stereocenters. The van der Waals surface area contributed by atoms with Crippen LogP contribution in [0.5, 0.6) is 5.75 Å². The third-order valence-corrected chi connectivity index (χ3v) is 4.99. The van der Waals surface area contributed by atoms with Crippen LogP contribution in [0.3, 0.4) is 0 Å². The van der Waals surface area contributed by atoms with E-state index in [1.165, 1.54) is 25.7 Å². The summed E-state index contributed by atoms with van der Waals surface area (Å²) >= 11 is 0. The van der Waals surface area contributed by atoms with Crippen LogP contribution >= 0.6 is 0 Å². The maximum Gasteiger partial charge on any atom is 0.347 e. The number of aromatic hydroxyl groups is 1. The second kappa shape index (κ2) is 7.73. The lowest BCUT2D eigenvalue weighted by atomic mass is 9.95. The highest BCUT2D eigenvalue weighted by Gasteiger charge is 2.16. The van der Waals surface area contributed by atoms with Gasteiger partial charge in [0.1, 0.15) is 16.7 Å². The molecule has 0 aliphatic heterocycles. The van der Waals surface area contributed by atoms with Gasteiger partial charge in [-0.15, -0.1) is 0 Å². The molecule has 3 heteroatoms. The first kappa shape index (κ1) is 17.5. The average molecular weight is 338 g/mol. The van der Waals surface area contributed by atoms with E-state index < -0.39 is 5.63 Å². The second-order valence-electron chi connectivity index (χ2n) is 6.85. The summed E-state index contributed by atoms with van der Waals surface area (Å²) in [6.07, 6.45) is 8.02. The highest BCUT2D eigenvalue weighted by atomic mass is 16.4. The topological polar surface area (TPSA) is 50.4 Å². The van der Waals surface area contributed by atoms with Crippen molar-refractivity contribution in [2.75, 3.05) is 0 Å². The number of hydrogen-bond acceptors (Lipinski definition) is 3. The molecular weight excluding hydrogens is 312 g/mol. The number of hydrogen-bond donors (Lipinski definition) is 1. The second-order valence-corrected chi connectivity index (χ2v) is 6.85. The van der Waals surface area contributed by atoms with Gasteiger partial charge in [0.25, 0.3) is 0 Å². The van der Waals surface area contributed by atoms with Gasteiger partial charge in [-0.1, -0.05) is 57.2 Å². The standard InChI is InChI=1S/C22H26O3/c1-3-4-5-6-7-8-11-16-15(2)14-18-17-12-9-10-13-19(17)25-22(24)20(18)21(16)23/h9-10,12-14,23H,3-8,11H2,1-2H3. The third kappa shape index (κ3) is 3.55. The zero-order chi connectivity index (χ0) is 17.8. The molecule has 1 aromatic heterocycles. The fourth-order valence-electron chi connectivity index (χ4n) is 3.59. The zero-order valence-corrected chi connectivity index (χ0v) is 15.1. The van der Waals surface area contributed by atoms with Gasteiger partial charge in [0, 0.05) is 10.8 Å². The van der Waals surface area contributed by atoms with E-state index in [0.717, 1.165) is 41.2 Å². The molecule has 0 atom stereocenters. The Bertz CT molecular complexity index is 937. The molecular formula is C22H26O3. The summed E-state index contributed by atoms with van der Waals surface area (Å²) in [6, 6.07) is 9.48. The quantitative estimate of drug-likeness (QED) is 0.333. The minimum Gasteiger partial charge on any atom is -0.507 e. The number of benzene rings is 2. The molecule has 0 saturated carbocycles. The summed E-state index contributed by atoms with van der Waals surface area (Å²) in [6.45, 7) is 4.22. The Morgan fingerprint density at radius 2 is 1.72 bits per heavy atom.